The summed E-state index contributed by atoms with van der Waals surface area (Å²) in [7, 11) is 0. The van der Waals surface area contributed by atoms with E-state index in [-0.39, 0.29) is 30.2 Å². The summed E-state index contributed by atoms with van der Waals surface area (Å²) in [6.07, 6.45) is 6.22. The van der Waals surface area contributed by atoms with Gasteiger partial charge in [0.25, 0.3) is 0 Å². The largest absolute Gasteiger partial charge is 0.388 e. The summed E-state index contributed by atoms with van der Waals surface area (Å²) in [4.78, 5) is 25.9. The molecule has 0 radical (unpaired) electrons. The third-order valence-electron chi connectivity index (χ3n) is 5.20. The van der Waals surface area contributed by atoms with Gasteiger partial charge in [0, 0.05) is 0 Å². The zero-order chi connectivity index (χ0) is 13.6. The Morgan fingerprint density at radius 2 is 1.79 bits per heavy atom. The van der Waals surface area contributed by atoms with E-state index < -0.39 is 5.60 Å². The maximum atomic E-state index is 12.3. The van der Waals surface area contributed by atoms with Crippen LogP contribution < -0.4 is 0 Å². The van der Waals surface area contributed by atoms with Gasteiger partial charge in [-0.3, -0.25) is 14.5 Å². The number of fused-ring (bicyclic) bond motifs is 1. The molecular formula is C15H23NO3. The number of amides is 2. The van der Waals surface area contributed by atoms with Gasteiger partial charge >= 0.3 is 0 Å². The number of rotatable bonds is 2. The normalized spacial score (nSPS) is 42.8. The van der Waals surface area contributed by atoms with Crippen LogP contribution in [0, 0.1) is 17.8 Å². The van der Waals surface area contributed by atoms with E-state index in [1.165, 1.54) is 4.90 Å². The van der Waals surface area contributed by atoms with Crippen molar-refractivity contribution in [1.29, 1.82) is 0 Å². The maximum absolute atomic E-state index is 12.3. The van der Waals surface area contributed by atoms with E-state index in [2.05, 4.69) is 6.92 Å². The van der Waals surface area contributed by atoms with E-state index in [1.807, 2.05) is 0 Å². The highest BCUT2D eigenvalue weighted by Crippen LogP contribution is 2.41. The van der Waals surface area contributed by atoms with Crippen molar-refractivity contribution < 1.29 is 14.7 Å². The second-order valence-corrected chi connectivity index (χ2v) is 6.83. The predicted molar refractivity (Wildman–Crippen MR) is 70.1 cm³/mol. The number of imide groups is 1. The lowest BCUT2D eigenvalue weighted by Crippen LogP contribution is -2.48. The molecule has 2 amide bonds. The third-order valence-corrected chi connectivity index (χ3v) is 5.20. The Morgan fingerprint density at radius 3 is 2.37 bits per heavy atom. The van der Waals surface area contributed by atoms with Gasteiger partial charge in [0.05, 0.1) is 24.0 Å². The number of β-amino-alcohol motifs (C(OH)–C–C–N with tert-alkyl or cyclic N) is 1. The number of likely N-dealkylation sites (tertiary alicyclic amines) is 1. The van der Waals surface area contributed by atoms with Crippen molar-refractivity contribution in [2.45, 2.75) is 57.5 Å². The van der Waals surface area contributed by atoms with Gasteiger partial charge in [-0.2, -0.15) is 0 Å². The predicted octanol–water partition coefficient (Wildman–Crippen LogP) is 1.71. The SMILES string of the molecule is CC1CCCC(O)(CN2C(=O)C3CCCC3C2=O)C1. The maximum Gasteiger partial charge on any atom is 0.233 e. The molecule has 1 N–H and O–H groups in total. The van der Waals surface area contributed by atoms with Crippen molar-refractivity contribution in [3.63, 3.8) is 0 Å². The second-order valence-electron chi connectivity index (χ2n) is 6.83. The molecule has 0 aromatic carbocycles. The molecule has 4 unspecified atom stereocenters. The first kappa shape index (κ1) is 13.1. The first-order valence-electron chi connectivity index (χ1n) is 7.58. The third kappa shape index (κ3) is 2.20. The summed E-state index contributed by atoms with van der Waals surface area (Å²) >= 11 is 0. The fraction of sp³-hybridized carbons (Fsp3) is 0.867. The fourth-order valence-electron chi connectivity index (χ4n) is 4.29. The van der Waals surface area contributed by atoms with Crippen LogP contribution in [-0.4, -0.2) is 34.0 Å². The van der Waals surface area contributed by atoms with Gasteiger partial charge in [-0.1, -0.05) is 26.2 Å². The van der Waals surface area contributed by atoms with Crippen LogP contribution in [0.1, 0.15) is 51.9 Å². The van der Waals surface area contributed by atoms with Gasteiger partial charge in [-0.15, -0.1) is 0 Å². The molecule has 0 bridgehead atoms. The minimum absolute atomic E-state index is 0.0286. The monoisotopic (exact) mass is 265 g/mol. The van der Waals surface area contributed by atoms with Crippen LogP contribution in [0.4, 0.5) is 0 Å². The summed E-state index contributed by atoms with van der Waals surface area (Å²) in [5.41, 5.74) is -0.846. The molecule has 3 rings (SSSR count). The summed E-state index contributed by atoms with van der Waals surface area (Å²) in [5.74, 6) is 0.249. The molecule has 2 saturated carbocycles. The molecule has 4 nitrogen and oxygen atoms in total. The molecule has 0 spiro atoms. The lowest BCUT2D eigenvalue weighted by atomic mass is 9.78. The highest BCUT2D eigenvalue weighted by Gasteiger charge is 2.51. The van der Waals surface area contributed by atoms with Crippen LogP contribution in [0.2, 0.25) is 0 Å². The Bertz CT molecular complexity index is 386. The Labute approximate surface area is 114 Å². The van der Waals surface area contributed by atoms with Crippen molar-refractivity contribution in [1.82, 2.24) is 4.90 Å². The average Bonchev–Trinajstić information content (AvgIpc) is 2.89. The van der Waals surface area contributed by atoms with Crippen molar-refractivity contribution >= 4 is 11.8 Å². The van der Waals surface area contributed by atoms with Crippen LogP contribution in [-0.2, 0) is 9.59 Å². The number of aliphatic hydroxyl groups is 1. The molecule has 1 aliphatic heterocycles. The van der Waals surface area contributed by atoms with Crippen LogP contribution >= 0.6 is 0 Å². The lowest BCUT2D eigenvalue weighted by molar-refractivity contribution is -0.146. The highest BCUT2D eigenvalue weighted by atomic mass is 16.3. The molecule has 4 atom stereocenters. The summed E-state index contributed by atoms with van der Waals surface area (Å²) < 4.78 is 0. The molecule has 0 aromatic heterocycles. The Balaban J connectivity index is 1.73. The number of carbonyl (C=O) groups excluding carboxylic acids is 2. The van der Waals surface area contributed by atoms with E-state index in [0.717, 1.165) is 32.1 Å². The number of hydrogen-bond acceptors (Lipinski definition) is 3. The van der Waals surface area contributed by atoms with Crippen molar-refractivity contribution in [3.05, 3.63) is 0 Å². The highest BCUT2D eigenvalue weighted by molar-refractivity contribution is 6.05. The summed E-state index contributed by atoms with van der Waals surface area (Å²) in [5, 5.41) is 10.7. The van der Waals surface area contributed by atoms with Gasteiger partial charge in [-0.25, -0.2) is 0 Å². The number of hydrogen-bond donors (Lipinski definition) is 1. The Hall–Kier alpha value is -0.900. The first-order valence-corrected chi connectivity index (χ1v) is 7.58. The van der Waals surface area contributed by atoms with Gasteiger partial charge in [0.2, 0.25) is 11.8 Å². The summed E-state index contributed by atoms with van der Waals surface area (Å²) in [6.45, 7) is 2.36. The van der Waals surface area contributed by atoms with E-state index in [4.69, 9.17) is 0 Å². The zero-order valence-electron chi connectivity index (χ0n) is 11.6. The van der Waals surface area contributed by atoms with E-state index in [9.17, 15) is 14.7 Å². The first-order chi connectivity index (χ1) is 9.00. The molecule has 1 heterocycles. The van der Waals surface area contributed by atoms with Gasteiger partial charge in [-0.05, 0) is 31.6 Å². The van der Waals surface area contributed by atoms with Crippen LogP contribution in [0.15, 0.2) is 0 Å². The van der Waals surface area contributed by atoms with Gasteiger partial charge in [0.1, 0.15) is 0 Å². The van der Waals surface area contributed by atoms with Crippen molar-refractivity contribution in [2.24, 2.45) is 17.8 Å². The number of carbonyl (C=O) groups is 2. The minimum Gasteiger partial charge on any atom is -0.388 e. The standard InChI is InChI=1S/C15H23NO3/c1-10-4-3-7-15(19,8-10)9-16-13(17)11-5-2-6-12(11)14(16)18/h10-12,19H,2-9H2,1H3. The molecule has 4 heteroatoms. The lowest BCUT2D eigenvalue weighted by Gasteiger charge is -2.37. The zero-order valence-corrected chi connectivity index (χ0v) is 11.6. The molecular weight excluding hydrogens is 242 g/mol. The molecule has 3 aliphatic rings. The number of nitrogens with zero attached hydrogens (tertiary/aromatic N) is 1. The van der Waals surface area contributed by atoms with Crippen LogP contribution in [0.3, 0.4) is 0 Å². The minimum atomic E-state index is -0.846. The molecule has 0 aromatic rings. The average molecular weight is 265 g/mol. The van der Waals surface area contributed by atoms with Gasteiger partial charge < -0.3 is 5.11 Å². The Kier molecular flexibility index (Phi) is 3.16. The second kappa shape index (κ2) is 4.58. The van der Waals surface area contributed by atoms with Crippen molar-refractivity contribution in [3.8, 4) is 0 Å². The molecule has 2 aliphatic carbocycles. The van der Waals surface area contributed by atoms with Crippen molar-refractivity contribution in [2.75, 3.05) is 6.54 Å². The van der Waals surface area contributed by atoms with E-state index in [0.29, 0.717) is 18.8 Å². The van der Waals surface area contributed by atoms with Gasteiger partial charge in [0.15, 0.2) is 0 Å². The Morgan fingerprint density at radius 1 is 1.16 bits per heavy atom. The topological polar surface area (TPSA) is 57.6 Å². The summed E-state index contributed by atoms with van der Waals surface area (Å²) in [6, 6.07) is 0. The molecule has 3 fully saturated rings. The van der Waals surface area contributed by atoms with Crippen LogP contribution in [0.25, 0.3) is 0 Å². The molecule has 19 heavy (non-hydrogen) atoms. The fourth-order valence-corrected chi connectivity index (χ4v) is 4.29. The smallest absolute Gasteiger partial charge is 0.233 e. The van der Waals surface area contributed by atoms with E-state index in [1.54, 1.807) is 0 Å². The van der Waals surface area contributed by atoms with Crippen LogP contribution in [0.5, 0.6) is 0 Å². The van der Waals surface area contributed by atoms with E-state index >= 15 is 0 Å². The molecule has 1 saturated heterocycles. The quantitative estimate of drug-likeness (QED) is 0.773. The molecule has 106 valence electrons.